The summed E-state index contributed by atoms with van der Waals surface area (Å²) in [6.45, 7) is 6.57. The Kier molecular flexibility index (Phi) is 11.5. The second-order valence-electron chi connectivity index (χ2n) is 6.23. The van der Waals surface area contributed by atoms with Crippen LogP contribution in [0, 0.1) is 5.92 Å². The first-order valence-corrected chi connectivity index (χ1v) is 9.03. The number of anilines is 1. The van der Waals surface area contributed by atoms with Crippen LogP contribution in [0.5, 0.6) is 0 Å². The first-order valence-electron chi connectivity index (χ1n) is 9.03. The molecular formula is C19H31ClN2O3. The predicted octanol–water partition coefficient (Wildman–Crippen LogP) is 3.38. The van der Waals surface area contributed by atoms with Gasteiger partial charge in [0.05, 0.1) is 19.8 Å². The van der Waals surface area contributed by atoms with E-state index in [2.05, 4.69) is 10.6 Å². The molecule has 1 aromatic carbocycles. The Bertz CT molecular complexity index is 493. The van der Waals surface area contributed by atoms with Crippen molar-refractivity contribution in [2.24, 2.45) is 5.92 Å². The number of carbonyl (C=O) groups is 1. The normalized spacial score (nSPS) is 14.8. The zero-order chi connectivity index (χ0) is 17.0. The summed E-state index contributed by atoms with van der Waals surface area (Å²) < 4.78 is 10.8. The van der Waals surface area contributed by atoms with Crippen molar-refractivity contribution in [2.45, 2.75) is 39.2 Å². The minimum atomic E-state index is 0. The van der Waals surface area contributed by atoms with Crippen LogP contribution in [-0.2, 0) is 20.9 Å². The van der Waals surface area contributed by atoms with E-state index in [1.807, 2.05) is 31.2 Å². The number of carbonyl (C=O) groups excluding carboxylic acids is 1. The standard InChI is InChI=1S/C19H30N2O3.ClH/c1-2-23-12-13-24-15-17-4-3-5-18(14-17)21-19(22)7-6-16-8-10-20-11-9-16;/h3-5,14,16,20H,2,6-13,15H2,1H3,(H,21,22);1H. The summed E-state index contributed by atoms with van der Waals surface area (Å²) in [5.41, 5.74) is 1.90. The molecule has 1 fully saturated rings. The van der Waals surface area contributed by atoms with Gasteiger partial charge < -0.3 is 20.1 Å². The number of nitrogens with one attached hydrogen (secondary N) is 2. The maximum atomic E-state index is 12.1. The van der Waals surface area contributed by atoms with E-state index in [0.717, 1.165) is 30.8 Å². The number of benzene rings is 1. The van der Waals surface area contributed by atoms with Gasteiger partial charge in [-0.3, -0.25) is 4.79 Å². The van der Waals surface area contributed by atoms with Crippen molar-refractivity contribution in [1.82, 2.24) is 5.32 Å². The number of piperidine rings is 1. The Labute approximate surface area is 157 Å². The largest absolute Gasteiger partial charge is 0.379 e. The van der Waals surface area contributed by atoms with E-state index in [-0.39, 0.29) is 18.3 Å². The molecule has 0 bridgehead atoms. The van der Waals surface area contributed by atoms with Gasteiger partial charge >= 0.3 is 0 Å². The van der Waals surface area contributed by atoms with Gasteiger partial charge in [-0.1, -0.05) is 12.1 Å². The molecule has 0 aromatic heterocycles. The van der Waals surface area contributed by atoms with E-state index in [9.17, 15) is 4.79 Å². The lowest BCUT2D eigenvalue weighted by molar-refractivity contribution is -0.116. The monoisotopic (exact) mass is 370 g/mol. The van der Waals surface area contributed by atoms with Crippen LogP contribution in [0.25, 0.3) is 0 Å². The number of hydrogen-bond acceptors (Lipinski definition) is 4. The molecule has 5 nitrogen and oxygen atoms in total. The highest BCUT2D eigenvalue weighted by atomic mass is 35.5. The van der Waals surface area contributed by atoms with E-state index in [4.69, 9.17) is 9.47 Å². The van der Waals surface area contributed by atoms with Crippen molar-refractivity contribution in [3.05, 3.63) is 29.8 Å². The number of amides is 1. The molecule has 0 radical (unpaired) electrons. The van der Waals surface area contributed by atoms with Crippen LogP contribution in [0.4, 0.5) is 5.69 Å². The molecule has 25 heavy (non-hydrogen) atoms. The fourth-order valence-electron chi connectivity index (χ4n) is 2.92. The van der Waals surface area contributed by atoms with Gasteiger partial charge in [0.2, 0.25) is 5.91 Å². The van der Waals surface area contributed by atoms with Gasteiger partial charge in [0.15, 0.2) is 0 Å². The van der Waals surface area contributed by atoms with Gasteiger partial charge in [0.1, 0.15) is 0 Å². The molecule has 0 atom stereocenters. The number of rotatable bonds is 10. The lowest BCUT2D eigenvalue weighted by Gasteiger charge is -2.22. The minimum Gasteiger partial charge on any atom is -0.379 e. The number of ether oxygens (including phenoxy) is 2. The van der Waals surface area contributed by atoms with E-state index < -0.39 is 0 Å². The Balaban J connectivity index is 0.00000312. The molecule has 2 N–H and O–H groups in total. The lowest BCUT2D eigenvalue weighted by atomic mass is 9.93. The van der Waals surface area contributed by atoms with Crippen molar-refractivity contribution in [2.75, 3.05) is 38.2 Å². The Morgan fingerprint density at radius 3 is 2.76 bits per heavy atom. The Morgan fingerprint density at radius 1 is 1.24 bits per heavy atom. The van der Waals surface area contributed by atoms with E-state index in [0.29, 0.717) is 38.8 Å². The van der Waals surface area contributed by atoms with Crippen LogP contribution in [-0.4, -0.2) is 38.8 Å². The highest BCUT2D eigenvalue weighted by Crippen LogP contribution is 2.18. The van der Waals surface area contributed by atoms with Crippen molar-refractivity contribution >= 4 is 24.0 Å². The average molecular weight is 371 g/mol. The highest BCUT2D eigenvalue weighted by molar-refractivity contribution is 5.90. The van der Waals surface area contributed by atoms with Gasteiger partial charge in [-0.25, -0.2) is 0 Å². The molecule has 1 heterocycles. The average Bonchev–Trinajstić information content (AvgIpc) is 2.61. The first-order chi connectivity index (χ1) is 11.8. The molecule has 6 heteroatoms. The third-order valence-corrected chi connectivity index (χ3v) is 4.29. The Hall–Kier alpha value is -1.14. The van der Waals surface area contributed by atoms with Crippen molar-refractivity contribution in [3.63, 3.8) is 0 Å². The zero-order valence-corrected chi connectivity index (χ0v) is 15.9. The summed E-state index contributed by atoms with van der Waals surface area (Å²) >= 11 is 0. The zero-order valence-electron chi connectivity index (χ0n) is 15.1. The van der Waals surface area contributed by atoms with Gasteiger partial charge in [-0.05, 0) is 62.9 Å². The summed E-state index contributed by atoms with van der Waals surface area (Å²) in [7, 11) is 0. The minimum absolute atomic E-state index is 0. The summed E-state index contributed by atoms with van der Waals surface area (Å²) in [5, 5.41) is 6.35. The maximum Gasteiger partial charge on any atom is 0.224 e. The van der Waals surface area contributed by atoms with Crippen LogP contribution in [0.1, 0.15) is 38.2 Å². The summed E-state index contributed by atoms with van der Waals surface area (Å²) in [6.07, 6.45) is 3.94. The molecule has 142 valence electrons. The van der Waals surface area contributed by atoms with Crippen LogP contribution in [0.3, 0.4) is 0 Å². The van der Waals surface area contributed by atoms with Gasteiger partial charge in [0.25, 0.3) is 0 Å². The van der Waals surface area contributed by atoms with E-state index >= 15 is 0 Å². The van der Waals surface area contributed by atoms with Crippen LogP contribution in [0.15, 0.2) is 24.3 Å². The van der Waals surface area contributed by atoms with Crippen molar-refractivity contribution in [3.8, 4) is 0 Å². The summed E-state index contributed by atoms with van der Waals surface area (Å²) in [6, 6.07) is 7.85. The highest BCUT2D eigenvalue weighted by Gasteiger charge is 2.14. The molecule has 1 amide bonds. The maximum absolute atomic E-state index is 12.1. The molecule has 2 rings (SSSR count). The van der Waals surface area contributed by atoms with Gasteiger partial charge in [0, 0.05) is 18.7 Å². The molecular weight excluding hydrogens is 340 g/mol. The van der Waals surface area contributed by atoms with Crippen molar-refractivity contribution in [1.29, 1.82) is 0 Å². The molecule has 1 aliphatic rings. The molecule has 0 aliphatic carbocycles. The smallest absolute Gasteiger partial charge is 0.224 e. The van der Waals surface area contributed by atoms with Crippen molar-refractivity contribution < 1.29 is 14.3 Å². The second kappa shape index (κ2) is 13.1. The first kappa shape index (κ1) is 21.9. The quantitative estimate of drug-likeness (QED) is 0.620. The molecule has 1 aliphatic heterocycles. The summed E-state index contributed by atoms with van der Waals surface area (Å²) in [4.78, 5) is 12.1. The Morgan fingerprint density at radius 2 is 2.00 bits per heavy atom. The molecule has 1 aromatic rings. The SMILES string of the molecule is CCOCCOCc1cccc(NC(=O)CCC2CCNCC2)c1.Cl. The van der Waals surface area contributed by atoms with Crippen LogP contribution < -0.4 is 10.6 Å². The fourth-order valence-corrected chi connectivity index (χ4v) is 2.92. The van der Waals surface area contributed by atoms with E-state index in [1.54, 1.807) is 0 Å². The molecule has 0 unspecified atom stereocenters. The lowest BCUT2D eigenvalue weighted by Crippen LogP contribution is -2.28. The van der Waals surface area contributed by atoms with E-state index in [1.165, 1.54) is 12.8 Å². The second-order valence-corrected chi connectivity index (χ2v) is 6.23. The number of halogens is 1. The topological polar surface area (TPSA) is 59.6 Å². The van der Waals surface area contributed by atoms with Gasteiger partial charge in [-0.15, -0.1) is 12.4 Å². The molecule has 0 saturated carbocycles. The van der Waals surface area contributed by atoms with Gasteiger partial charge in [-0.2, -0.15) is 0 Å². The van der Waals surface area contributed by atoms with Crippen LogP contribution in [0.2, 0.25) is 0 Å². The molecule has 0 spiro atoms. The summed E-state index contributed by atoms with van der Waals surface area (Å²) in [5.74, 6) is 0.782. The predicted molar refractivity (Wildman–Crippen MR) is 103 cm³/mol. The third kappa shape index (κ3) is 9.21. The molecule has 1 saturated heterocycles. The van der Waals surface area contributed by atoms with Crippen LogP contribution >= 0.6 is 12.4 Å². The fraction of sp³-hybridized carbons (Fsp3) is 0.632. The third-order valence-electron chi connectivity index (χ3n) is 4.29. The number of hydrogen-bond donors (Lipinski definition) is 2.